The second-order valence-corrected chi connectivity index (χ2v) is 5.54. The zero-order valence-corrected chi connectivity index (χ0v) is 10.2. The topological polar surface area (TPSA) is 29.1 Å². The molecule has 2 aliphatic rings. The second kappa shape index (κ2) is 4.86. The van der Waals surface area contributed by atoms with Crippen molar-refractivity contribution in [1.82, 2.24) is 5.32 Å². The lowest BCUT2D eigenvalue weighted by Crippen LogP contribution is -2.38. The maximum atomic E-state index is 10.9. The Bertz CT molecular complexity index is 218. The minimum absolute atomic E-state index is 0. The van der Waals surface area contributed by atoms with Gasteiger partial charge in [-0.2, -0.15) is 0 Å². The summed E-state index contributed by atoms with van der Waals surface area (Å²) in [5.41, 5.74) is 0.586. The van der Waals surface area contributed by atoms with Gasteiger partial charge in [-0.3, -0.25) is 4.79 Å². The van der Waals surface area contributed by atoms with E-state index in [9.17, 15) is 4.79 Å². The zero-order chi connectivity index (χ0) is 9.31. The number of carbonyl (C=O) groups excluding carboxylic acids is 1. The molecule has 1 aliphatic carbocycles. The van der Waals surface area contributed by atoms with Gasteiger partial charge in [-0.1, -0.05) is 18.2 Å². The Kier molecular flexibility index (Phi) is 4.29. The Labute approximate surface area is 96.0 Å². The van der Waals surface area contributed by atoms with E-state index in [1.54, 1.807) is 6.92 Å². The highest BCUT2D eigenvalue weighted by Gasteiger charge is 2.46. The molecule has 2 rings (SSSR count). The first-order valence-corrected chi connectivity index (χ1v) is 6.06. The summed E-state index contributed by atoms with van der Waals surface area (Å²) in [5, 5.41) is 3.73. The molecule has 1 saturated carbocycles. The van der Waals surface area contributed by atoms with Gasteiger partial charge in [-0.15, -0.1) is 12.4 Å². The van der Waals surface area contributed by atoms with Crippen LogP contribution in [0.5, 0.6) is 0 Å². The van der Waals surface area contributed by atoms with Crippen LogP contribution >= 0.6 is 24.2 Å². The fourth-order valence-electron chi connectivity index (χ4n) is 2.53. The van der Waals surface area contributed by atoms with Crippen LogP contribution in [0.15, 0.2) is 0 Å². The summed E-state index contributed by atoms with van der Waals surface area (Å²) >= 11 is 1.50. The van der Waals surface area contributed by atoms with Gasteiger partial charge in [-0.25, -0.2) is 0 Å². The number of rotatable bonds is 2. The van der Waals surface area contributed by atoms with Gasteiger partial charge < -0.3 is 5.32 Å². The van der Waals surface area contributed by atoms with Crippen LogP contribution in [0.3, 0.4) is 0 Å². The maximum absolute atomic E-state index is 10.9. The summed E-state index contributed by atoms with van der Waals surface area (Å²) in [6.07, 6.45) is 4.15. The minimum atomic E-state index is 0. The third-order valence-corrected chi connectivity index (χ3v) is 4.55. The van der Waals surface area contributed by atoms with Crippen molar-refractivity contribution >= 4 is 29.3 Å². The lowest BCUT2D eigenvalue weighted by molar-refractivity contribution is -0.109. The monoisotopic (exact) mass is 235 g/mol. The SMILES string of the molecule is CC(=O)SCC1CNCC12CCC2.Cl. The molecule has 1 aliphatic heterocycles. The minimum Gasteiger partial charge on any atom is -0.316 e. The van der Waals surface area contributed by atoms with Gasteiger partial charge in [0.15, 0.2) is 5.12 Å². The summed E-state index contributed by atoms with van der Waals surface area (Å²) in [4.78, 5) is 10.9. The molecular formula is C10H18ClNOS. The van der Waals surface area contributed by atoms with Crippen molar-refractivity contribution in [2.24, 2.45) is 11.3 Å². The van der Waals surface area contributed by atoms with Crippen LogP contribution in [0.25, 0.3) is 0 Å². The van der Waals surface area contributed by atoms with Crippen molar-refractivity contribution < 1.29 is 4.79 Å². The molecule has 1 spiro atoms. The summed E-state index contributed by atoms with van der Waals surface area (Å²) in [5.74, 6) is 1.78. The number of nitrogens with one attached hydrogen (secondary N) is 1. The molecule has 0 bridgehead atoms. The quantitative estimate of drug-likeness (QED) is 0.795. The van der Waals surface area contributed by atoms with E-state index in [2.05, 4.69) is 5.32 Å². The molecule has 4 heteroatoms. The average molecular weight is 236 g/mol. The van der Waals surface area contributed by atoms with E-state index < -0.39 is 0 Å². The standard InChI is InChI=1S/C10H17NOS.ClH/c1-8(12)13-6-9-5-11-7-10(9)3-2-4-10;/h9,11H,2-7H2,1H3;1H. The lowest BCUT2D eigenvalue weighted by atomic mass is 9.63. The van der Waals surface area contributed by atoms with Gasteiger partial charge in [0.05, 0.1) is 0 Å². The molecule has 0 radical (unpaired) electrons. The Morgan fingerprint density at radius 1 is 1.57 bits per heavy atom. The molecule has 1 unspecified atom stereocenters. The van der Waals surface area contributed by atoms with E-state index in [1.807, 2.05) is 0 Å². The third-order valence-electron chi connectivity index (χ3n) is 3.57. The number of hydrogen-bond acceptors (Lipinski definition) is 3. The van der Waals surface area contributed by atoms with Gasteiger partial charge in [0.2, 0.25) is 0 Å². The fourth-order valence-corrected chi connectivity index (χ4v) is 3.43. The molecule has 0 aromatic carbocycles. The smallest absolute Gasteiger partial charge is 0.185 e. The summed E-state index contributed by atoms with van der Waals surface area (Å²) in [6.45, 7) is 3.98. The largest absolute Gasteiger partial charge is 0.316 e. The Hall–Kier alpha value is 0.270. The summed E-state index contributed by atoms with van der Waals surface area (Å²) in [6, 6.07) is 0. The predicted octanol–water partition coefficient (Wildman–Crippen LogP) is 2.08. The highest BCUT2D eigenvalue weighted by Crippen LogP contribution is 2.49. The predicted molar refractivity (Wildman–Crippen MR) is 63.0 cm³/mol. The van der Waals surface area contributed by atoms with Crippen molar-refractivity contribution in [1.29, 1.82) is 0 Å². The van der Waals surface area contributed by atoms with Gasteiger partial charge in [0.25, 0.3) is 0 Å². The van der Waals surface area contributed by atoms with Crippen LogP contribution in [-0.4, -0.2) is 24.0 Å². The summed E-state index contributed by atoms with van der Waals surface area (Å²) in [7, 11) is 0. The summed E-state index contributed by atoms with van der Waals surface area (Å²) < 4.78 is 0. The van der Waals surface area contributed by atoms with Crippen LogP contribution in [0, 0.1) is 11.3 Å². The van der Waals surface area contributed by atoms with Crippen molar-refractivity contribution in [2.75, 3.05) is 18.8 Å². The number of halogens is 1. The number of carbonyl (C=O) groups is 1. The van der Waals surface area contributed by atoms with Crippen LogP contribution in [-0.2, 0) is 4.79 Å². The van der Waals surface area contributed by atoms with Gasteiger partial charge >= 0.3 is 0 Å². The molecule has 2 nitrogen and oxygen atoms in total. The van der Waals surface area contributed by atoms with Gasteiger partial charge in [0, 0.05) is 19.2 Å². The van der Waals surface area contributed by atoms with E-state index in [1.165, 1.54) is 37.6 Å². The molecule has 0 amide bonds. The van der Waals surface area contributed by atoms with Crippen molar-refractivity contribution in [2.45, 2.75) is 26.2 Å². The molecule has 0 aromatic heterocycles. The Morgan fingerprint density at radius 3 is 2.79 bits per heavy atom. The van der Waals surface area contributed by atoms with E-state index in [4.69, 9.17) is 0 Å². The third kappa shape index (κ3) is 2.26. The van der Waals surface area contributed by atoms with Crippen molar-refractivity contribution in [3.05, 3.63) is 0 Å². The van der Waals surface area contributed by atoms with Crippen LogP contribution in [0.4, 0.5) is 0 Å². The molecule has 14 heavy (non-hydrogen) atoms. The average Bonchev–Trinajstić information content (AvgIpc) is 2.42. The van der Waals surface area contributed by atoms with Crippen LogP contribution in [0.2, 0.25) is 0 Å². The Morgan fingerprint density at radius 2 is 2.29 bits per heavy atom. The van der Waals surface area contributed by atoms with E-state index in [-0.39, 0.29) is 17.5 Å². The highest BCUT2D eigenvalue weighted by atomic mass is 35.5. The van der Waals surface area contributed by atoms with E-state index in [0.717, 1.165) is 18.2 Å². The molecule has 0 aromatic rings. The van der Waals surface area contributed by atoms with Crippen molar-refractivity contribution in [3.63, 3.8) is 0 Å². The molecule has 2 fully saturated rings. The first-order valence-electron chi connectivity index (χ1n) is 5.07. The van der Waals surface area contributed by atoms with Crippen LogP contribution in [0.1, 0.15) is 26.2 Å². The number of thioether (sulfide) groups is 1. The molecule has 82 valence electrons. The normalized spacial score (nSPS) is 28.2. The molecular weight excluding hydrogens is 218 g/mol. The molecule has 1 saturated heterocycles. The first-order chi connectivity index (χ1) is 6.23. The molecule has 1 N–H and O–H groups in total. The van der Waals surface area contributed by atoms with Gasteiger partial charge in [-0.05, 0) is 30.7 Å². The number of hydrogen-bond donors (Lipinski definition) is 1. The second-order valence-electron chi connectivity index (χ2n) is 4.35. The first kappa shape index (κ1) is 12.3. The molecule has 1 atom stereocenters. The molecule has 1 heterocycles. The van der Waals surface area contributed by atoms with Gasteiger partial charge in [0.1, 0.15) is 0 Å². The highest BCUT2D eigenvalue weighted by molar-refractivity contribution is 8.13. The van der Waals surface area contributed by atoms with E-state index in [0.29, 0.717) is 5.41 Å². The Balaban J connectivity index is 0.000000980. The lowest BCUT2D eigenvalue weighted by Gasteiger charge is -2.42. The fraction of sp³-hybridized carbons (Fsp3) is 0.900. The van der Waals surface area contributed by atoms with Crippen molar-refractivity contribution in [3.8, 4) is 0 Å². The maximum Gasteiger partial charge on any atom is 0.185 e. The van der Waals surface area contributed by atoms with E-state index >= 15 is 0 Å². The van der Waals surface area contributed by atoms with Crippen LogP contribution < -0.4 is 5.32 Å². The zero-order valence-electron chi connectivity index (χ0n) is 8.54.